The van der Waals surface area contributed by atoms with Crippen molar-refractivity contribution in [2.45, 2.75) is 31.8 Å². The summed E-state index contributed by atoms with van der Waals surface area (Å²) < 4.78 is 11.3. The molecule has 1 unspecified atom stereocenters. The van der Waals surface area contributed by atoms with E-state index in [1.807, 2.05) is 18.3 Å². The monoisotopic (exact) mass is 312 g/mol. The Morgan fingerprint density at radius 1 is 1.17 bits per heavy atom. The Bertz CT molecular complexity index is 674. The first-order chi connectivity index (χ1) is 11.4. The number of hydrogen-bond acceptors (Lipinski definition) is 4. The Balaban J connectivity index is 1.56. The van der Waals surface area contributed by atoms with Crippen molar-refractivity contribution in [3.05, 3.63) is 30.5 Å². The van der Waals surface area contributed by atoms with Gasteiger partial charge >= 0.3 is 0 Å². The van der Waals surface area contributed by atoms with Gasteiger partial charge in [0.25, 0.3) is 0 Å². The van der Waals surface area contributed by atoms with Gasteiger partial charge in [0, 0.05) is 37.0 Å². The number of aromatic nitrogens is 1. The zero-order chi connectivity index (χ0) is 15.6. The van der Waals surface area contributed by atoms with Crippen molar-refractivity contribution >= 4 is 16.6 Å². The Hall–Kier alpha value is -1.81. The number of nitrogens with zero attached hydrogens (tertiary/aromatic N) is 2. The Morgan fingerprint density at radius 3 is 2.78 bits per heavy atom. The number of anilines is 1. The second-order valence-electron chi connectivity index (χ2n) is 6.56. The van der Waals surface area contributed by atoms with Crippen molar-refractivity contribution in [3.8, 4) is 5.75 Å². The zero-order valence-corrected chi connectivity index (χ0v) is 13.7. The van der Waals surface area contributed by atoms with Crippen LogP contribution >= 0.6 is 0 Å². The van der Waals surface area contributed by atoms with Crippen molar-refractivity contribution in [1.29, 1.82) is 0 Å². The first kappa shape index (κ1) is 14.8. The van der Waals surface area contributed by atoms with Crippen LogP contribution in [0.1, 0.15) is 25.7 Å². The van der Waals surface area contributed by atoms with E-state index in [0.29, 0.717) is 6.10 Å². The summed E-state index contributed by atoms with van der Waals surface area (Å²) in [6, 6.07) is 8.30. The van der Waals surface area contributed by atoms with Gasteiger partial charge in [0.1, 0.15) is 11.3 Å². The molecule has 2 aliphatic heterocycles. The van der Waals surface area contributed by atoms with Gasteiger partial charge in [0.2, 0.25) is 0 Å². The van der Waals surface area contributed by atoms with E-state index in [4.69, 9.17) is 9.47 Å². The number of piperidine rings is 1. The summed E-state index contributed by atoms with van der Waals surface area (Å²) in [5.74, 6) is 1.58. The fraction of sp³-hybridized carbons (Fsp3) is 0.526. The molecule has 1 atom stereocenters. The molecular formula is C19H24N2O2. The molecule has 2 saturated heterocycles. The van der Waals surface area contributed by atoms with E-state index in [1.165, 1.54) is 36.8 Å². The normalized spacial score (nSPS) is 22.7. The molecule has 4 nitrogen and oxygen atoms in total. The molecule has 0 spiro atoms. The van der Waals surface area contributed by atoms with E-state index in [2.05, 4.69) is 22.0 Å². The summed E-state index contributed by atoms with van der Waals surface area (Å²) in [6.07, 6.45) is 7.33. The lowest BCUT2D eigenvalue weighted by Gasteiger charge is -2.36. The topological polar surface area (TPSA) is 34.6 Å². The van der Waals surface area contributed by atoms with E-state index in [9.17, 15) is 0 Å². The van der Waals surface area contributed by atoms with Crippen LogP contribution in [0, 0.1) is 5.92 Å². The molecular weight excluding hydrogens is 288 g/mol. The van der Waals surface area contributed by atoms with Gasteiger partial charge in [-0.05, 0) is 43.7 Å². The largest absolute Gasteiger partial charge is 0.494 e. The first-order valence-corrected chi connectivity index (χ1v) is 8.65. The zero-order valence-electron chi connectivity index (χ0n) is 13.7. The second-order valence-corrected chi connectivity index (χ2v) is 6.56. The maximum absolute atomic E-state index is 5.89. The van der Waals surface area contributed by atoms with Crippen molar-refractivity contribution in [2.75, 3.05) is 31.7 Å². The van der Waals surface area contributed by atoms with Crippen molar-refractivity contribution in [1.82, 2.24) is 4.98 Å². The standard InChI is InChI=1S/C19H24N2O2/c1-22-18-5-2-4-15-16(7-10-20-19(15)18)21-11-8-14(9-12-21)17-6-3-13-23-17/h2,4-5,7,10,14,17H,3,6,8-9,11-13H2,1H3. The summed E-state index contributed by atoms with van der Waals surface area (Å²) in [4.78, 5) is 7.01. The molecule has 23 heavy (non-hydrogen) atoms. The number of fused-ring (bicyclic) bond motifs is 1. The van der Waals surface area contributed by atoms with Gasteiger partial charge in [-0.3, -0.25) is 4.98 Å². The van der Waals surface area contributed by atoms with Crippen molar-refractivity contribution in [3.63, 3.8) is 0 Å². The summed E-state index contributed by atoms with van der Waals surface area (Å²) in [7, 11) is 1.70. The highest BCUT2D eigenvalue weighted by Gasteiger charge is 2.29. The Kier molecular flexibility index (Phi) is 4.08. The number of rotatable bonds is 3. The molecule has 2 aromatic rings. The SMILES string of the molecule is COc1cccc2c(N3CCC(C4CCCO4)CC3)ccnc12. The minimum Gasteiger partial charge on any atom is -0.494 e. The molecule has 0 N–H and O–H groups in total. The second kappa shape index (κ2) is 6.36. The predicted octanol–water partition coefficient (Wildman–Crippen LogP) is 3.64. The molecule has 4 rings (SSSR count). The third-order valence-electron chi connectivity index (χ3n) is 5.30. The predicted molar refractivity (Wildman–Crippen MR) is 92.2 cm³/mol. The molecule has 2 aliphatic rings. The van der Waals surface area contributed by atoms with E-state index < -0.39 is 0 Å². The number of para-hydroxylation sites is 1. The molecule has 0 bridgehead atoms. The lowest BCUT2D eigenvalue weighted by Crippen LogP contribution is -2.37. The molecule has 3 heterocycles. The smallest absolute Gasteiger partial charge is 0.145 e. The molecule has 2 fully saturated rings. The summed E-state index contributed by atoms with van der Waals surface area (Å²) in [6.45, 7) is 3.15. The van der Waals surface area contributed by atoms with E-state index >= 15 is 0 Å². The lowest BCUT2D eigenvalue weighted by molar-refractivity contribution is 0.0532. The van der Waals surface area contributed by atoms with Gasteiger partial charge in [-0.1, -0.05) is 12.1 Å². The van der Waals surface area contributed by atoms with Gasteiger partial charge in [0.15, 0.2) is 0 Å². The number of methoxy groups -OCH3 is 1. The van der Waals surface area contributed by atoms with Crippen molar-refractivity contribution in [2.24, 2.45) is 5.92 Å². The lowest BCUT2D eigenvalue weighted by atomic mass is 9.89. The average molecular weight is 312 g/mol. The first-order valence-electron chi connectivity index (χ1n) is 8.65. The third kappa shape index (κ3) is 2.76. The number of pyridine rings is 1. The summed E-state index contributed by atoms with van der Waals surface area (Å²) in [5.41, 5.74) is 2.23. The van der Waals surface area contributed by atoms with Crippen LogP contribution in [-0.4, -0.2) is 37.9 Å². The highest BCUT2D eigenvalue weighted by Crippen LogP contribution is 2.35. The number of benzene rings is 1. The Labute approximate surface area is 137 Å². The van der Waals surface area contributed by atoms with Crippen molar-refractivity contribution < 1.29 is 9.47 Å². The van der Waals surface area contributed by atoms with E-state index in [1.54, 1.807) is 7.11 Å². The van der Waals surface area contributed by atoms with Crippen LogP contribution in [0.2, 0.25) is 0 Å². The number of ether oxygens (including phenoxy) is 2. The minimum absolute atomic E-state index is 0.506. The Morgan fingerprint density at radius 2 is 2.04 bits per heavy atom. The van der Waals surface area contributed by atoms with E-state index in [-0.39, 0.29) is 0 Å². The van der Waals surface area contributed by atoms with Gasteiger partial charge in [0.05, 0.1) is 13.2 Å². The molecule has 122 valence electrons. The van der Waals surface area contributed by atoms with Gasteiger partial charge in [-0.25, -0.2) is 0 Å². The highest BCUT2D eigenvalue weighted by atomic mass is 16.5. The third-order valence-corrected chi connectivity index (χ3v) is 5.30. The molecule has 0 aliphatic carbocycles. The fourth-order valence-electron chi connectivity index (χ4n) is 4.06. The maximum atomic E-state index is 5.89. The molecule has 0 saturated carbocycles. The van der Waals surface area contributed by atoms with Crippen LogP contribution in [0.4, 0.5) is 5.69 Å². The van der Waals surface area contributed by atoms with Gasteiger partial charge in [-0.15, -0.1) is 0 Å². The van der Waals surface area contributed by atoms with Crippen LogP contribution in [0.15, 0.2) is 30.5 Å². The van der Waals surface area contributed by atoms with Gasteiger partial charge < -0.3 is 14.4 Å². The maximum Gasteiger partial charge on any atom is 0.145 e. The van der Waals surface area contributed by atoms with Gasteiger partial charge in [-0.2, -0.15) is 0 Å². The van der Waals surface area contributed by atoms with Crippen LogP contribution in [0.25, 0.3) is 10.9 Å². The van der Waals surface area contributed by atoms with E-state index in [0.717, 1.165) is 36.9 Å². The summed E-state index contributed by atoms with van der Waals surface area (Å²) >= 11 is 0. The average Bonchev–Trinajstić information content (AvgIpc) is 3.15. The van der Waals surface area contributed by atoms with Crippen LogP contribution in [-0.2, 0) is 4.74 Å². The van der Waals surface area contributed by atoms with Crippen LogP contribution in [0.3, 0.4) is 0 Å². The number of hydrogen-bond donors (Lipinski definition) is 0. The minimum atomic E-state index is 0.506. The molecule has 0 radical (unpaired) electrons. The molecule has 1 aromatic carbocycles. The molecule has 1 aromatic heterocycles. The van der Waals surface area contributed by atoms with Crippen LogP contribution in [0.5, 0.6) is 5.75 Å². The molecule has 0 amide bonds. The fourth-order valence-corrected chi connectivity index (χ4v) is 4.06. The highest BCUT2D eigenvalue weighted by molar-refractivity contribution is 5.95. The van der Waals surface area contributed by atoms with Crippen LogP contribution < -0.4 is 9.64 Å². The quantitative estimate of drug-likeness (QED) is 0.866. The molecule has 4 heteroatoms. The summed E-state index contributed by atoms with van der Waals surface area (Å²) in [5, 5.41) is 1.18.